The number of hydrogen-bond donors (Lipinski definition) is 2. The summed E-state index contributed by atoms with van der Waals surface area (Å²) in [5, 5.41) is 8.74. The Morgan fingerprint density at radius 2 is 2.17 bits per heavy atom. The van der Waals surface area contributed by atoms with Gasteiger partial charge in [0.2, 0.25) is 11.8 Å². The van der Waals surface area contributed by atoms with Crippen molar-refractivity contribution in [3.63, 3.8) is 0 Å². The molecule has 1 aromatic carbocycles. The molecule has 9 heteroatoms. The topological polar surface area (TPSA) is 85.2 Å². The van der Waals surface area contributed by atoms with Gasteiger partial charge in [-0.1, -0.05) is 15.9 Å². The number of benzene rings is 1. The van der Waals surface area contributed by atoms with Gasteiger partial charge in [-0.15, -0.1) is 5.10 Å². The van der Waals surface area contributed by atoms with Gasteiger partial charge in [-0.25, -0.2) is 4.39 Å². The van der Waals surface area contributed by atoms with Gasteiger partial charge in [-0.3, -0.25) is 14.3 Å². The fourth-order valence-corrected chi connectivity index (χ4v) is 2.15. The minimum absolute atomic E-state index is 0.0337. The number of aryl methyl sites for hydroxylation is 1. The van der Waals surface area contributed by atoms with E-state index in [1.807, 2.05) is 0 Å². The van der Waals surface area contributed by atoms with E-state index in [9.17, 15) is 14.0 Å². The first-order valence-corrected chi connectivity index (χ1v) is 7.30. The van der Waals surface area contributed by atoms with Crippen LogP contribution in [0.3, 0.4) is 0 Å². The fraction of sp³-hybridized carbons (Fsp3) is 0.214. The van der Waals surface area contributed by atoms with Crippen LogP contribution in [-0.4, -0.2) is 35.2 Å². The van der Waals surface area contributed by atoms with Crippen molar-refractivity contribution < 1.29 is 18.7 Å². The smallest absolute Gasteiger partial charge is 0.258 e. The average molecular weight is 385 g/mol. The Bertz CT molecular complexity index is 748. The highest BCUT2D eigenvalue weighted by atomic mass is 79.9. The number of anilines is 1. The number of carbonyl (C=O) groups is 2. The molecule has 1 aromatic heterocycles. The van der Waals surface area contributed by atoms with Gasteiger partial charge in [-0.2, -0.15) is 0 Å². The molecule has 1 heterocycles. The summed E-state index contributed by atoms with van der Waals surface area (Å²) in [4.78, 5) is 23.8. The zero-order chi connectivity index (χ0) is 17.0. The molecule has 0 unspecified atom stereocenters. The normalized spacial score (nSPS) is 10.3. The van der Waals surface area contributed by atoms with Gasteiger partial charge >= 0.3 is 0 Å². The maximum absolute atomic E-state index is 13.6. The Balaban J connectivity index is 1.94. The van der Waals surface area contributed by atoms with Gasteiger partial charge < -0.3 is 15.4 Å². The lowest BCUT2D eigenvalue weighted by Crippen LogP contribution is -2.33. The summed E-state index contributed by atoms with van der Waals surface area (Å²) in [7, 11) is 3.03. The number of rotatable bonds is 5. The Hall–Kier alpha value is -2.42. The summed E-state index contributed by atoms with van der Waals surface area (Å²) in [5.74, 6) is -1.49. The molecule has 0 saturated heterocycles. The zero-order valence-electron chi connectivity index (χ0n) is 12.4. The minimum atomic E-state index is -0.576. The van der Waals surface area contributed by atoms with Crippen molar-refractivity contribution in [3.05, 3.63) is 40.2 Å². The Kier molecular flexibility index (Phi) is 5.32. The van der Waals surface area contributed by atoms with Crippen molar-refractivity contribution in [2.75, 3.05) is 19.0 Å². The molecule has 0 radical (unpaired) electrons. The van der Waals surface area contributed by atoms with Gasteiger partial charge in [0.15, 0.2) is 0 Å². The predicted octanol–water partition coefficient (Wildman–Crippen LogP) is 1.70. The van der Waals surface area contributed by atoms with Crippen LogP contribution in [0, 0.1) is 5.82 Å². The minimum Gasteiger partial charge on any atom is -0.479 e. The monoisotopic (exact) mass is 384 g/mol. The van der Waals surface area contributed by atoms with Crippen molar-refractivity contribution in [1.82, 2.24) is 15.1 Å². The quantitative estimate of drug-likeness (QED) is 0.821. The summed E-state index contributed by atoms with van der Waals surface area (Å²) in [5.41, 5.74) is 0.240. The number of ether oxygens (including phenoxy) is 1. The van der Waals surface area contributed by atoms with Crippen LogP contribution in [0.25, 0.3) is 0 Å². The number of hydrogen-bond acceptors (Lipinski definition) is 4. The van der Waals surface area contributed by atoms with Gasteiger partial charge in [-0.05, 0) is 18.2 Å². The van der Waals surface area contributed by atoms with E-state index >= 15 is 0 Å². The number of carbonyl (C=O) groups excluding carboxylic acids is 2. The second kappa shape index (κ2) is 7.23. The SMILES string of the molecule is COc1nn(C)cc1C(=O)NCC(=O)Nc1ccc(Br)cc1F. The summed E-state index contributed by atoms with van der Waals surface area (Å²) in [6, 6.07) is 4.25. The molecule has 2 amide bonds. The molecule has 0 aliphatic heterocycles. The molecule has 0 saturated carbocycles. The molecular weight excluding hydrogens is 371 g/mol. The second-order valence-corrected chi connectivity index (χ2v) is 5.50. The van der Waals surface area contributed by atoms with Gasteiger partial charge in [0, 0.05) is 17.7 Å². The van der Waals surface area contributed by atoms with Crippen molar-refractivity contribution >= 4 is 33.4 Å². The number of aromatic nitrogens is 2. The maximum Gasteiger partial charge on any atom is 0.258 e. The van der Waals surface area contributed by atoms with E-state index < -0.39 is 17.6 Å². The van der Waals surface area contributed by atoms with Crippen LogP contribution in [0.4, 0.5) is 10.1 Å². The van der Waals surface area contributed by atoms with Crippen LogP contribution in [0.5, 0.6) is 5.88 Å². The molecular formula is C14H14BrFN4O3. The molecule has 23 heavy (non-hydrogen) atoms. The summed E-state index contributed by atoms with van der Waals surface area (Å²) < 4.78 is 20.6. The Morgan fingerprint density at radius 3 is 2.83 bits per heavy atom. The highest BCUT2D eigenvalue weighted by Crippen LogP contribution is 2.19. The summed E-state index contributed by atoms with van der Waals surface area (Å²) in [6.45, 7) is -0.313. The molecule has 0 aliphatic carbocycles. The third kappa shape index (κ3) is 4.28. The largest absolute Gasteiger partial charge is 0.479 e. The highest BCUT2D eigenvalue weighted by Gasteiger charge is 2.17. The van der Waals surface area contributed by atoms with Crippen molar-refractivity contribution in [1.29, 1.82) is 0 Å². The van der Waals surface area contributed by atoms with Crippen molar-refractivity contribution in [2.45, 2.75) is 0 Å². The van der Waals surface area contributed by atoms with E-state index in [0.29, 0.717) is 4.47 Å². The zero-order valence-corrected chi connectivity index (χ0v) is 14.0. The number of halogens is 2. The van der Waals surface area contributed by atoms with Crippen LogP contribution in [0.2, 0.25) is 0 Å². The molecule has 2 rings (SSSR count). The van der Waals surface area contributed by atoms with Crippen LogP contribution < -0.4 is 15.4 Å². The first-order valence-electron chi connectivity index (χ1n) is 6.51. The van der Waals surface area contributed by atoms with E-state index in [4.69, 9.17) is 4.74 Å². The molecule has 0 spiro atoms. The molecule has 0 aliphatic rings. The lowest BCUT2D eigenvalue weighted by Gasteiger charge is -2.08. The molecule has 2 N–H and O–H groups in total. The third-order valence-corrected chi connectivity index (χ3v) is 3.34. The van der Waals surface area contributed by atoms with Crippen LogP contribution in [0.15, 0.2) is 28.9 Å². The van der Waals surface area contributed by atoms with E-state index in [0.717, 1.165) is 0 Å². The van der Waals surface area contributed by atoms with Crippen LogP contribution in [0.1, 0.15) is 10.4 Å². The lowest BCUT2D eigenvalue weighted by atomic mass is 10.3. The number of methoxy groups -OCH3 is 1. The highest BCUT2D eigenvalue weighted by molar-refractivity contribution is 9.10. The molecule has 0 bridgehead atoms. The van der Waals surface area contributed by atoms with Gasteiger partial charge in [0.25, 0.3) is 5.91 Å². The standard InChI is InChI=1S/C14H14BrFN4O3/c1-20-7-9(14(19-20)23-2)13(22)17-6-12(21)18-11-4-3-8(15)5-10(11)16/h3-5,7H,6H2,1-2H3,(H,17,22)(H,18,21). The fourth-order valence-electron chi connectivity index (χ4n) is 1.82. The molecule has 2 aromatic rings. The summed E-state index contributed by atoms with van der Waals surface area (Å²) in [6.07, 6.45) is 1.47. The van der Waals surface area contributed by atoms with Crippen LogP contribution in [-0.2, 0) is 11.8 Å². The number of amides is 2. The summed E-state index contributed by atoms with van der Waals surface area (Å²) >= 11 is 3.12. The van der Waals surface area contributed by atoms with Gasteiger partial charge in [0.1, 0.15) is 11.4 Å². The molecule has 0 fully saturated rings. The van der Waals surface area contributed by atoms with E-state index in [2.05, 4.69) is 31.7 Å². The van der Waals surface area contributed by atoms with E-state index in [1.165, 1.54) is 30.1 Å². The molecule has 0 atom stereocenters. The Morgan fingerprint density at radius 1 is 1.43 bits per heavy atom. The Labute approximate surface area is 139 Å². The van der Waals surface area contributed by atoms with Crippen molar-refractivity contribution in [3.8, 4) is 5.88 Å². The van der Waals surface area contributed by atoms with Crippen molar-refractivity contribution in [2.24, 2.45) is 7.05 Å². The first kappa shape index (κ1) is 16.9. The first-order chi connectivity index (χ1) is 10.9. The molecule has 122 valence electrons. The third-order valence-electron chi connectivity index (χ3n) is 2.85. The average Bonchev–Trinajstić information content (AvgIpc) is 2.89. The predicted molar refractivity (Wildman–Crippen MR) is 84.8 cm³/mol. The lowest BCUT2D eigenvalue weighted by molar-refractivity contribution is -0.115. The maximum atomic E-state index is 13.6. The second-order valence-electron chi connectivity index (χ2n) is 4.58. The van der Waals surface area contributed by atoms with E-state index in [1.54, 1.807) is 13.1 Å². The van der Waals surface area contributed by atoms with Crippen LogP contribution >= 0.6 is 15.9 Å². The number of nitrogens with zero attached hydrogens (tertiary/aromatic N) is 2. The van der Waals surface area contributed by atoms with Gasteiger partial charge in [0.05, 0.1) is 19.3 Å². The number of nitrogens with one attached hydrogen (secondary N) is 2. The molecule has 7 nitrogen and oxygen atoms in total. The van der Waals surface area contributed by atoms with E-state index in [-0.39, 0.29) is 23.7 Å².